The maximum Gasteiger partial charge on any atom is 0.232 e. The third-order valence-electron chi connectivity index (χ3n) is 3.63. The Hall–Kier alpha value is -3.23. The predicted octanol–water partition coefficient (Wildman–Crippen LogP) is 4.99. The van der Waals surface area contributed by atoms with E-state index in [2.05, 4.69) is 10.3 Å². The summed E-state index contributed by atoms with van der Waals surface area (Å²) >= 11 is 5.88. The number of nitriles is 1. The largest absolute Gasteiger partial charge is 0.497 e. The van der Waals surface area contributed by atoms with Crippen molar-refractivity contribution in [3.05, 3.63) is 76.3 Å². The van der Waals surface area contributed by atoms with Gasteiger partial charge in [0.15, 0.2) is 0 Å². The van der Waals surface area contributed by atoms with E-state index in [0.717, 1.165) is 16.9 Å². The number of methoxy groups -OCH3 is 1. The molecule has 1 heterocycles. The predicted molar refractivity (Wildman–Crippen MR) is 102 cm³/mol. The van der Waals surface area contributed by atoms with Gasteiger partial charge in [-0.15, -0.1) is 0 Å². The summed E-state index contributed by atoms with van der Waals surface area (Å²) in [6.45, 7) is 0.500. The molecule has 0 saturated heterocycles. The fourth-order valence-corrected chi connectivity index (χ4v) is 2.43. The van der Waals surface area contributed by atoms with Gasteiger partial charge in [-0.1, -0.05) is 35.9 Å². The van der Waals surface area contributed by atoms with Gasteiger partial charge in [0, 0.05) is 17.6 Å². The van der Waals surface area contributed by atoms with Crippen LogP contribution in [0.1, 0.15) is 22.7 Å². The van der Waals surface area contributed by atoms with Crippen molar-refractivity contribution in [3.63, 3.8) is 0 Å². The average molecular weight is 366 g/mol. The number of benzene rings is 2. The second kappa shape index (κ2) is 8.24. The molecule has 5 nitrogen and oxygen atoms in total. The van der Waals surface area contributed by atoms with E-state index >= 15 is 0 Å². The summed E-state index contributed by atoms with van der Waals surface area (Å²) in [5.41, 5.74) is 2.17. The molecule has 6 heteroatoms. The van der Waals surface area contributed by atoms with E-state index in [1.54, 1.807) is 13.2 Å². The van der Waals surface area contributed by atoms with Crippen molar-refractivity contribution in [1.82, 2.24) is 4.98 Å². The molecular formula is C20H16ClN3O2. The van der Waals surface area contributed by atoms with Crippen molar-refractivity contribution in [2.75, 3.05) is 12.4 Å². The second-order valence-corrected chi connectivity index (χ2v) is 5.87. The van der Waals surface area contributed by atoms with Crippen molar-refractivity contribution < 1.29 is 9.15 Å². The number of hydrogen-bond acceptors (Lipinski definition) is 5. The monoisotopic (exact) mass is 365 g/mol. The molecule has 0 aliphatic rings. The topological polar surface area (TPSA) is 71.1 Å². The van der Waals surface area contributed by atoms with E-state index in [4.69, 9.17) is 20.8 Å². The van der Waals surface area contributed by atoms with Crippen LogP contribution in [0.15, 0.2) is 52.9 Å². The minimum absolute atomic E-state index is 0.212. The molecule has 3 aromatic rings. The lowest BCUT2D eigenvalue weighted by Crippen LogP contribution is -1.99. The number of anilines is 1. The van der Waals surface area contributed by atoms with E-state index in [1.165, 1.54) is 0 Å². The number of hydrogen-bond donors (Lipinski definition) is 1. The smallest absolute Gasteiger partial charge is 0.232 e. The third kappa shape index (κ3) is 4.44. The Kier molecular flexibility index (Phi) is 5.57. The van der Waals surface area contributed by atoms with Crippen molar-refractivity contribution in [2.45, 2.75) is 6.54 Å². The summed E-state index contributed by atoms with van der Waals surface area (Å²) in [5, 5.41) is 13.0. The highest BCUT2D eigenvalue weighted by molar-refractivity contribution is 6.30. The van der Waals surface area contributed by atoms with Gasteiger partial charge in [-0.05, 0) is 41.5 Å². The fourth-order valence-electron chi connectivity index (χ4n) is 2.30. The molecule has 26 heavy (non-hydrogen) atoms. The highest BCUT2D eigenvalue weighted by atomic mass is 35.5. The first-order valence-electron chi connectivity index (χ1n) is 7.89. The van der Waals surface area contributed by atoms with Gasteiger partial charge in [-0.2, -0.15) is 10.2 Å². The highest BCUT2D eigenvalue weighted by Crippen LogP contribution is 2.21. The van der Waals surface area contributed by atoms with Crippen LogP contribution in [0, 0.1) is 11.3 Å². The molecule has 0 aliphatic heterocycles. The van der Waals surface area contributed by atoms with Gasteiger partial charge in [0.1, 0.15) is 11.8 Å². The van der Waals surface area contributed by atoms with Crippen LogP contribution in [0.25, 0.3) is 12.2 Å². The highest BCUT2D eigenvalue weighted by Gasteiger charge is 2.11. The van der Waals surface area contributed by atoms with Crippen LogP contribution in [0.5, 0.6) is 5.75 Å². The number of ether oxygens (including phenoxy) is 1. The van der Waals surface area contributed by atoms with Crippen molar-refractivity contribution in [1.29, 1.82) is 5.26 Å². The first kappa shape index (κ1) is 17.6. The minimum Gasteiger partial charge on any atom is -0.497 e. The van der Waals surface area contributed by atoms with Crippen LogP contribution < -0.4 is 10.1 Å². The molecule has 0 unspecified atom stereocenters. The molecule has 0 saturated carbocycles. The van der Waals surface area contributed by atoms with E-state index in [1.807, 2.05) is 60.7 Å². The second-order valence-electron chi connectivity index (χ2n) is 5.43. The lowest BCUT2D eigenvalue weighted by molar-refractivity contribution is 0.414. The fraction of sp³-hybridized carbons (Fsp3) is 0.100. The number of oxazole rings is 1. The molecule has 0 atom stereocenters. The molecule has 0 amide bonds. The van der Waals surface area contributed by atoms with Crippen molar-refractivity contribution in [3.8, 4) is 11.8 Å². The molecule has 0 spiro atoms. The molecule has 1 aromatic heterocycles. The van der Waals surface area contributed by atoms with Gasteiger partial charge in [0.05, 0.1) is 7.11 Å². The van der Waals surface area contributed by atoms with E-state index < -0.39 is 0 Å². The first-order valence-corrected chi connectivity index (χ1v) is 8.27. The minimum atomic E-state index is 0.212. The molecule has 3 rings (SSSR count). The normalized spacial score (nSPS) is 10.7. The number of nitrogens with zero attached hydrogens (tertiary/aromatic N) is 2. The van der Waals surface area contributed by atoms with Gasteiger partial charge >= 0.3 is 0 Å². The maximum absolute atomic E-state index is 9.25. The molecule has 130 valence electrons. The van der Waals surface area contributed by atoms with Crippen molar-refractivity contribution in [2.24, 2.45) is 0 Å². The lowest BCUT2D eigenvalue weighted by Gasteiger charge is -2.03. The summed E-state index contributed by atoms with van der Waals surface area (Å²) in [7, 11) is 1.62. The molecule has 0 radical (unpaired) electrons. The zero-order chi connectivity index (χ0) is 18.4. The zero-order valence-electron chi connectivity index (χ0n) is 14.1. The Morgan fingerprint density at radius 3 is 2.77 bits per heavy atom. The Balaban J connectivity index is 1.72. The molecule has 1 N–H and O–H groups in total. The number of nitrogens with one attached hydrogen (secondary N) is 1. The SMILES string of the molecule is COc1cccc(/C=C/c2nc(C#N)c(NCc3ccc(Cl)cc3)o2)c1. The van der Waals surface area contributed by atoms with Crippen LogP contribution in [-0.4, -0.2) is 12.1 Å². The number of halogens is 1. The summed E-state index contributed by atoms with van der Waals surface area (Å²) in [5.74, 6) is 1.46. The average Bonchev–Trinajstić information content (AvgIpc) is 3.08. The summed E-state index contributed by atoms with van der Waals surface area (Å²) < 4.78 is 10.8. The zero-order valence-corrected chi connectivity index (χ0v) is 14.8. The van der Waals surface area contributed by atoms with Crippen LogP contribution >= 0.6 is 11.6 Å². The van der Waals surface area contributed by atoms with Crippen LogP contribution in [0.2, 0.25) is 5.02 Å². The van der Waals surface area contributed by atoms with Crippen LogP contribution in [0.4, 0.5) is 5.88 Å². The van der Waals surface area contributed by atoms with Crippen molar-refractivity contribution >= 4 is 29.6 Å². The number of rotatable bonds is 6. The van der Waals surface area contributed by atoms with Gasteiger partial charge in [-0.3, -0.25) is 0 Å². The summed E-state index contributed by atoms with van der Waals surface area (Å²) in [6, 6.07) is 17.1. The maximum atomic E-state index is 9.25. The van der Waals surface area contributed by atoms with Gasteiger partial charge in [0.25, 0.3) is 0 Å². The van der Waals surface area contributed by atoms with Gasteiger partial charge in [0.2, 0.25) is 17.5 Å². The Bertz CT molecular complexity index is 956. The lowest BCUT2D eigenvalue weighted by atomic mass is 10.2. The van der Waals surface area contributed by atoms with E-state index in [9.17, 15) is 5.26 Å². The molecular weight excluding hydrogens is 350 g/mol. The Labute approximate surface area is 156 Å². The van der Waals surface area contributed by atoms with Crippen LogP contribution in [0.3, 0.4) is 0 Å². The Morgan fingerprint density at radius 2 is 2.04 bits per heavy atom. The van der Waals surface area contributed by atoms with Crippen LogP contribution in [-0.2, 0) is 6.54 Å². The summed E-state index contributed by atoms with van der Waals surface area (Å²) in [6.07, 6.45) is 3.56. The third-order valence-corrected chi connectivity index (χ3v) is 3.88. The molecule has 2 aromatic carbocycles. The van der Waals surface area contributed by atoms with E-state index in [-0.39, 0.29) is 5.69 Å². The van der Waals surface area contributed by atoms with Gasteiger partial charge in [-0.25, -0.2) is 0 Å². The van der Waals surface area contributed by atoms with Gasteiger partial charge < -0.3 is 14.5 Å². The number of aromatic nitrogens is 1. The molecule has 0 aliphatic carbocycles. The molecule has 0 bridgehead atoms. The summed E-state index contributed by atoms with van der Waals surface area (Å²) in [4.78, 5) is 4.18. The quantitative estimate of drug-likeness (QED) is 0.666. The first-order chi connectivity index (χ1) is 12.7. The van der Waals surface area contributed by atoms with E-state index in [0.29, 0.717) is 23.3 Å². The standard InChI is InChI=1S/C20H16ClN3O2/c1-25-17-4-2-3-14(11-17)7-10-19-24-18(12-22)20(26-19)23-13-15-5-8-16(21)9-6-15/h2-11,23H,13H2,1H3/b10-7+. The molecule has 0 fully saturated rings. The Morgan fingerprint density at radius 1 is 1.23 bits per heavy atom.